The van der Waals surface area contributed by atoms with Crippen LogP contribution < -0.4 is 10.1 Å². The Labute approximate surface area is 164 Å². The molecule has 0 saturated carbocycles. The molecule has 1 saturated heterocycles. The highest BCUT2D eigenvalue weighted by atomic mass is 35.5. The Kier molecular flexibility index (Phi) is 6.94. The number of hydrogen-bond donors (Lipinski definition) is 1. The number of nitrogens with zero attached hydrogens (tertiary/aromatic N) is 1. The van der Waals surface area contributed by atoms with E-state index in [1.165, 1.54) is 24.8 Å². The Morgan fingerprint density at radius 2 is 2.12 bits per heavy atom. The van der Waals surface area contributed by atoms with Gasteiger partial charge in [-0.3, -0.25) is 9.69 Å². The first-order valence-electron chi connectivity index (χ1n) is 9.05. The zero-order valence-electron chi connectivity index (χ0n) is 15.0. The zero-order valence-corrected chi connectivity index (χ0v) is 16.6. The van der Waals surface area contributed by atoms with Gasteiger partial charge < -0.3 is 10.1 Å². The van der Waals surface area contributed by atoms with E-state index in [0.29, 0.717) is 17.3 Å². The highest BCUT2D eigenvalue weighted by molar-refractivity contribution is 7.07. The molecule has 1 unspecified atom stereocenters. The quantitative estimate of drug-likeness (QED) is 0.757. The van der Waals surface area contributed by atoms with Gasteiger partial charge in [-0.1, -0.05) is 18.0 Å². The van der Waals surface area contributed by atoms with Gasteiger partial charge in [0.15, 0.2) is 6.61 Å². The molecule has 1 aliphatic heterocycles. The van der Waals surface area contributed by atoms with E-state index in [9.17, 15) is 4.79 Å². The van der Waals surface area contributed by atoms with E-state index >= 15 is 0 Å². The van der Waals surface area contributed by atoms with E-state index in [4.69, 9.17) is 16.3 Å². The molecule has 0 aliphatic carbocycles. The first kappa shape index (κ1) is 19.2. The minimum absolute atomic E-state index is 0.0113. The number of benzene rings is 1. The normalized spacial score (nSPS) is 16.2. The maximum atomic E-state index is 12.2. The van der Waals surface area contributed by atoms with Crippen LogP contribution in [0.15, 0.2) is 35.0 Å². The summed E-state index contributed by atoms with van der Waals surface area (Å²) in [4.78, 5) is 14.7. The monoisotopic (exact) mass is 392 g/mol. The zero-order chi connectivity index (χ0) is 18.4. The van der Waals surface area contributed by atoms with Crippen LogP contribution in [0.25, 0.3) is 0 Å². The molecule has 2 heterocycles. The first-order chi connectivity index (χ1) is 12.6. The van der Waals surface area contributed by atoms with Gasteiger partial charge in [-0.25, -0.2) is 0 Å². The molecule has 0 radical (unpaired) electrons. The van der Waals surface area contributed by atoms with Crippen LogP contribution in [-0.2, 0) is 4.79 Å². The summed E-state index contributed by atoms with van der Waals surface area (Å²) in [5.74, 6) is 0.558. The molecule has 2 aromatic rings. The fraction of sp³-hybridized carbons (Fsp3) is 0.450. The lowest BCUT2D eigenvalue weighted by Gasteiger charge is -2.34. The third-order valence-corrected chi connectivity index (χ3v) is 5.88. The molecule has 3 rings (SSSR count). The Morgan fingerprint density at radius 1 is 1.31 bits per heavy atom. The van der Waals surface area contributed by atoms with Crippen LogP contribution in [0.5, 0.6) is 5.75 Å². The molecule has 1 atom stereocenters. The summed E-state index contributed by atoms with van der Waals surface area (Å²) in [6.07, 6.45) is 3.76. The van der Waals surface area contributed by atoms with Crippen molar-refractivity contribution in [3.63, 3.8) is 0 Å². The van der Waals surface area contributed by atoms with Gasteiger partial charge in [0.05, 0.1) is 6.04 Å². The molecule has 26 heavy (non-hydrogen) atoms. The number of carbonyl (C=O) groups is 1. The standard InChI is InChI=1S/C20H25ClN2O2S/c1-15-11-17(5-6-18(15)21)25-13-20(24)22-12-19(16-7-10-26-14-16)23-8-3-2-4-9-23/h5-7,10-11,14,19H,2-4,8-9,12-13H2,1H3,(H,22,24). The summed E-state index contributed by atoms with van der Waals surface area (Å²) in [6.45, 7) is 4.73. The van der Waals surface area contributed by atoms with Crippen molar-refractivity contribution < 1.29 is 9.53 Å². The number of halogens is 1. The van der Waals surface area contributed by atoms with E-state index in [0.717, 1.165) is 18.7 Å². The molecular weight excluding hydrogens is 368 g/mol. The van der Waals surface area contributed by atoms with Crippen LogP contribution in [0.2, 0.25) is 5.02 Å². The van der Waals surface area contributed by atoms with Crippen molar-refractivity contribution in [2.24, 2.45) is 0 Å². The van der Waals surface area contributed by atoms with Crippen molar-refractivity contribution in [3.8, 4) is 5.75 Å². The summed E-state index contributed by atoms with van der Waals surface area (Å²) >= 11 is 7.71. The molecule has 140 valence electrons. The van der Waals surface area contributed by atoms with E-state index in [1.54, 1.807) is 23.5 Å². The molecule has 1 aromatic carbocycles. The first-order valence-corrected chi connectivity index (χ1v) is 10.4. The fourth-order valence-corrected chi connectivity index (χ4v) is 4.09. The highest BCUT2D eigenvalue weighted by Gasteiger charge is 2.23. The van der Waals surface area contributed by atoms with Gasteiger partial charge in [-0.2, -0.15) is 11.3 Å². The van der Waals surface area contributed by atoms with Gasteiger partial charge in [0.2, 0.25) is 0 Å². The minimum atomic E-state index is -0.102. The Bertz CT molecular complexity index is 715. The van der Waals surface area contributed by atoms with Crippen LogP contribution in [0.3, 0.4) is 0 Å². The lowest BCUT2D eigenvalue weighted by Crippen LogP contribution is -2.41. The molecular formula is C20H25ClN2O2S. The number of amides is 1. The van der Waals surface area contributed by atoms with Crippen molar-refractivity contribution in [2.75, 3.05) is 26.2 Å². The lowest BCUT2D eigenvalue weighted by molar-refractivity contribution is -0.123. The predicted octanol–water partition coefficient (Wildman–Crippen LogP) is 4.43. The van der Waals surface area contributed by atoms with Crippen molar-refractivity contribution in [2.45, 2.75) is 32.2 Å². The number of hydrogen-bond acceptors (Lipinski definition) is 4. The van der Waals surface area contributed by atoms with E-state index in [2.05, 4.69) is 27.0 Å². The van der Waals surface area contributed by atoms with Crippen LogP contribution in [-0.4, -0.2) is 37.0 Å². The number of ether oxygens (including phenoxy) is 1. The number of likely N-dealkylation sites (tertiary alicyclic amines) is 1. The molecule has 1 fully saturated rings. The summed E-state index contributed by atoms with van der Waals surface area (Å²) < 4.78 is 5.59. The number of aryl methyl sites for hydroxylation is 1. The van der Waals surface area contributed by atoms with Crippen LogP contribution in [0.1, 0.15) is 36.4 Å². The summed E-state index contributed by atoms with van der Waals surface area (Å²) in [5.41, 5.74) is 2.22. The van der Waals surface area contributed by atoms with Gasteiger partial charge >= 0.3 is 0 Å². The number of rotatable bonds is 7. The van der Waals surface area contributed by atoms with Crippen molar-refractivity contribution in [1.29, 1.82) is 0 Å². The molecule has 4 nitrogen and oxygen atoms in total. The number of piperidine rings is 1. The summed E-state index contributed by atoms with van der Waals surface area (Å²) in [6, 6.07) is 7.81. The highest BCUT2D eigenvalue weighted by Crippen LogP contribution is 2.26. The van der Waals surface area contributed by atoms with Crippen LogP contribution >= 0.6 is 22.9 Å². The molecule has 1 aromatic heterocycles. The van der Waals surface area contributed by atoms with Gasteiger partial charge in [-0.05, 0) is 79.0 Å². The van der Waals surface area contributed by atoms with Gasteiger partial charge in [0.25, 0.3) is 5.91 Å². The maximum Gasteiger partial charge on any atom is 0.258 e. The van der Waals surface area contributed by atoms with Gasteiger partial charge in [0, 0.05) is 11.6 Å². The summed E-state index contributed by atoms with van der Waals surface area (Å²) in [5, 5.41) is 8.01. The second-order valence-electron chi connectivity index (χ2n) is 6.67. The summed E-state index contributed by atoms with van der Waals surface area (Å²) in [7, 11) is 0. The molecule has 0 bridgehead atoms. The Morgan fingerprint density at radius 3 is 2.81 bits per heavy atom. The number of carbonyl (C=O) groups excluding carboxylic acids is 1. The molecule has 1 aliphatic rings. The van der Waals surface area contributed by atoms with Crippen molar-refractivity contribution in [1.82, 2.24) is 10.2 Å². The molecule has 6 heteroatoms. The van der Waals surface area contributed by atoms with E-state index < -0.39 is 0 Å². The lowest BCUT2D eigenvalue weighted by atomic mass is 10.0. The van der Waals surface area contributed by atoms with Crippen molar-refractivity contribution >= 4 is 28.8 Å². The average molecular weight is 393 g/mol. The Balaban J connectivity index is 1.52. The Hall–Kier alpha value is -1.56. The van der Waals surface area contributed by atoms with Crippen molar-refractivity contribution in [3.05, 3.63) is 51.2 Å². The SMILES string of the molecule is Cc1cc(OCC(=O)NCC(c2ccsc2)N2CCCCC2)ccc1Cl. The second kappa shape index (κ2) is 9.40. The van der Waals surface area contributed by atoms with Gasteiger partial charge in [0.1, 0.15) is 5.75 Å². The minimum Gasteiger partial charge on any atom is -0.484 e. The largest absolute Gasteiger partial charge is 0.484 e. The second-order valence-corrected chi connectivity index (χ2v) is 7.86. The number of thiophene rings is 1. The number of nitrogens with one attached hydrogen (secondary N) is 1. The smallest absolute Gasteiger partial charge is 0.258 e. The van der Waals surface area contributed by atoms with Gasteiger partial charge in [-0.15, -0.1) is 0 Å². The predicted molar refractivity (Wildman–Crippen MR) is 107 cm³/mol. The van der Waals surface area contributed by atoms with Crippen LogP contribution in [0.4, 0.5) is 0 Å². The molecule has 0 spiro atoms. The topological polar surface area (TPSA) is 41.6 Å². The average Bonchev–Trinajstić information content (AvgIpc) is 3.18. The molecule has 1 N–H and O–H groups in total. The maximum absolute atomic E-state index is 12.2. The fourth-order valence-electron chi connectivity index (χ4n) is 3.27. The van der Waals surface area contributed by atoms with E-state index in [1.807, 2.05) is 13.0 Å². The molecule has 1 amide bonds. The third-order valence-electron chi connectivity index (χ3n) is 4.75. The van der Waals surface area contributed by atoms with Crippen LogP contribution in [0, 0.1) is 6.92 Å². The van der Waals surface area contributed by atoms with E-state index in [-0.39, 0.29) is 18.6 Å². The third kappa shape index (κ3) is 5.22.